The van der Waals surface area contributed by atoms with Crippen LogP contribution in [0, 0.1) is 18.3 Å². The fourth-order valence-electron chi connectivity index (χ4n) is 0.988. The molecule has 1 aromatic heterocycles. The number of nitriles is 1. The summed E-state index contributed by atoms with van der Waals surface area (Å²) in [6.07, 6.45) is 0.534. The molecule has 0 saturated heterocycles. The van der Waals surface area contributed by atoms with Gasteiger partial charge in [-0.15, -0.1) is 10.2 Å². The first-order valence-electron chi connectivity index (χ1n) is 4.20. The van der Waals surface area contributed by atoms with Crippen molar-refractivity contribution in [3.63, 3.8) is 0 Å². The van der Waals surface area contributed by atoms with Crippen LogP contribution in [0.5, 0.6) is 0 Å². The first-order chi connectivity index (χ1) is 6.27. The molecule has 1 aromatic rings. The Bertz CT molecular complexity index is 301. The normalized spacial score (nSPS) is 9.62. The highest BCUT2D eigenvalue weighted by molar-refractivity contribution is 7.15. The van der Waals surface area contributed by atoms with Gasteiger partial charge in [0, 0.05) is 13.1 Å². The predicted octanol–water partition coefficient (Wildman–Crippen LogP) is 1.59. The summed E-state index contributed by atoms with van der Waals surface area (Å²) in [7, 11) is 0. The number of rotatable bonds is 4. The van der Waals surface area contributed by atoms with Crippen LogP contribution in [0.15, 0.2) is 0 Å². The topological polar surface area (TPSA) is 52.8 Å². The average Bonchev–Trinajstić information content (AvgIpc) is 2.54. The smallest absolute Gasteiger partial charge is 0.208 e. The Morgan fingerprint density at radius 1 is 1.54 bits per heavy atom. The van der Waals surface area contributed by atoms with E-state index in [4.69, 9.17) is 5.26 Å². The van der Waals surface area contributed by atoms with Crippen LogP contribution in [-0.2, 0) is 0 Å². The summed E-state index contributed by atoms with van der Waals surface area (Å²) in [6.45, 7) is 5.59. The summed E-state index contributed by atoms with van der Waals surface area (Å²) < 4.78 is 0. The highest BCUT2D eigenvalue weighted by atomic mass is 32.1. The second-order valence-corrected chi connectivity index (χ2v) is 3.75. The van der Waals surface area contributed by atoms with Gasteiger partial charge in [0.05, 0.1) is 12.5 Å². The third-order valence-electron chi connectivity index (χ3n) is 1.66. The first-order valence-corrected chi connectivity index (χ1v) is 5.01. The molecule has 0 aromatic carbocycles. The molecule has 0 radical (unpaired) electrons. The van der Waals surface area contributed by atoms with Gasteiger partial charge in [-0.25, -0.2) is 0 Å². The monoisotopic (exact) mass is 196 g/mol. The minimum atomic E-state index is 0.534. The van der Waals surface area contributed by atoms with Gasteiger partial charge in [0.1, 0.15) is 5.01 Å². The molecule has 0 spiro atoms. The zero-order valence-electron chi connectivity index (χ0n) is 7.82. The summed E-state index contributed by atoms with van der Waals surface area (Å²) in [5.41, 5.74) is 0. The van der Waals surface area contributed by atoms with E-state index in [1.807, 2.05) is 13.8 Å². The standard InChI is InChI=1S/C8H12N4S/c1-3-12(6-4-5-9)8-11-10-7(2)13-8/h3-4,6H2,1-2H3. The van der Waals surface area contributed by atoms with E-state index in [1.54, 1.807) is 11.3 Å². The van der Waals surface area contributed by atoms with Crippen LogP contribution in [0.1, 0.15) is 18.4 Å². The van der Waals surface area contributed by atoms with E-state index >= 15 is 0 Å². The highest BCUT2D eigenvalue weighted by Gasteiger charge is 2.08. The minimum Gasteiger partial charge on any atom is -0.346 e. The maximum Gasteiger partial charge on any atom is 0.208 e. The van der Waals surface area contributed by atoms with E-state index in [0.717, 1.165) is 23.2 Å². The van der Waals surface area contributed by atoms with E-state index in [2.05, 4.69) is 21.2 Å². The minimum absolute atomic E-state index is 0.534. The van der Waals surface area contributed by atoms with Crippen LogP contribution >= 0.6 is 11.3 Å². The van der Waals surface area contributed by atoms with Gasteiger partial charge in [-0.2, -0.15) is 5.26 Å². The Morgan fingerprint density at radius 3 is 2.77 bits per heavy atom. The molecular formula is C8H12N4S. The number of aryl methyl sites for hydroxylation is 1. The molecule has 0 unspecified atom stereocenters. The average molecular weight is 196 g/mol. The van der Waals surface area contributed by atoms with E-state index in [-0.39, 0.29) is 0 Å². The zero-order chi connectivity index (χ0) is 9.68. The lowest BCUT2D eigenvalue weighted by Crippen LogP contribution is -2.23. The van der Waals surface area contributed by atoms with Crippen molar-refractivity contribution in [3.05, 3.63) is 5.01 Å². The van der Waals surface area contributed by atoms with Crippen LogP contribution in [0.4, 0.5) is 5.13 Å². The SMILES string of the molecule is CCN(CCC#N)c1nnc(C)s1. The molecule has 0 aliphatic heterocycles. The number of hydrogen-bond donors (Lipinski definition) is 0. The number of aromatic nitrogens is 2. The predicted molar refractivity (Wildman–Crippen MR) is 52.8 cm³/mol. The van der Waals surface area contributed by atoms with Crippen molar-refractivity contribution in [2.75, 3.05) is 18.0 Å². The second-order valence-electron chi connectivity index (χ2n) is 2.59. The molecule has 1 rings (SSSR count). The van der Waals surface area contributed by atoms with E-state index in [0.29, 0.717) is 6.42 Å². The Labute approximate surface area is 81.8 Å². The van der Waals surface area contributed by atoms with Gasteiger partial charge < -0.3 is 4.90 Å². The third kappa shape index (κ3) is 2.67. The summed E-state index contributed by atoms with van der Waals surface area (Å²) >= 11 is 1.57. The van der Waals surface area contributed by atoms with Crippen LogP contribution in [0.25, 0.3) is 0 Å². The Morgan fingerprint density at radius 2 is 2.31 bits per heavy atom. The molecule has 0 saturated carbocycles. The molecule has 0 amide bonds. The van der Waals surface area contributed by atoms with Crippen molar-refractivity contribution in [2.24, 2.45) is 0 Å². The van der Waals surface area contributed by atoms with E-state index in [1.165, 1.54) is 0 Å². The summed E-state index contributed by atoms with van der Waals surface area (Å²) in [6, 6.07) is 2.12. The van der Waals surface area contributed by atoms with Crippen molar-refractivity contribution in [1.82, 2.24) is 10.2 Å². The molecule has 0 aliphatic carbocycles. The molecule has 0 N–H and O–H groups in total. The summed E-state index contributed by atoms with van der Waals surface area (Å²) in [4.78, 5) is 2.06. The number of hydrogen-bond acceptors (Lipinski definition) is 5. The third-order valence-corrected chi connectivity index (χ3v) is 2.56. The maximum absolute atomic E-state index is 8.45. The van der Waals surface area contributed by atoms with Gasteiger partial charge in [-0.05, 0) is 13.8 Å². The molecule has 1 heterocycles. The maximum atomic E-state index is 8.45. The molecular weight excluding hydrogens is 184 g/mol. The Hall–Kier alpha value is -1.15. The molecule has 70 valence electrons. The number of nitrogens with zero attached hydrogens (tertiary/aromatic N) is 4. The van der Waals surface area contributed by atoms with Crippen LogP contribution in [0.2, 0.25) is 0 Å². The van der Waals surface area contributed by atoms with Crippen molar-refractivity contribution in [2.45, 2.75) is 20.3 Å². The van der Waals surface area contributed by atoms with Gasteiger partial charge in [0.25, 0.3) is 0 Å². The van der Waals surface area contributed by atoms with Gasteiger partial charge in [-0.1, -0.05) is 11.3 Å². The van der Waals surface area contributed by atoms with Crippen LogP contribution < -0.4 is 4.90 Å². The molecule has 5 heteroatoms. The van der Waals surface area contributed by atoms with Crippen molar-refractivity contribution >= 4 is 16.5 Å². The van der Waals surface area contributed by atoms with Crippen molar-refractivity contribution in [1.29, 1.82) is 5.26 Å². The fourth-order valence-corrected chi connectivity index (χ4v) is 1.76. The fraction of sp³-hybridized carbons (Fsp3) is 0.625. The lowest BCUT2D eigenvalue weighted by molar-refractivity contribution is 0.811. The van der Waals surface area contributed by atoms with Gasteiger partial charge in [0.15, 0.2) is 0 Å². The van der Waals surface area contributed by atoms with E-state index in [9.17, 15) is 0 Å². The number of anilines is 1. The van der Waals surface area contributed by atoms with Gasteiger partial charge in [0.2, 0.25) is 5.13 Å². The Balaban J connectivity index is 2.62. The summed E-state index contributed by atoms with van der Waals surface area (Å²) in [5.74, 6) is 0. The highest BCUT2D eigenvalue weighted by Crippen LogP contribution is 2.18. The molecule has 13 heavy (non-hydrogen) atoms. The second kappa shape index (κ2) is 4.77. The van der Waals surface area contributed by atoms with Gasteiger partial charge >= 0.3 is 0 Å². The molecule has 0 bridgehead atoms. The molecule has 0 fully saturated rings. The summed E-state index contributed by atoms with van der Waals surface area (Å²) in [5, 5.41) is 18.3. The van der Waals surface area contributed by atoms with Crippen molar-refractivity contribution in [3.8, 4) is 6.07 Å². The van der Waals surface area contributed by atoms with E-state index < -0.39 is 0 Å². The lowest BCUT2D eigenvalue weighted by Gasteiger charge is -2.16. The quantitative estimate of drug-likeness (QED) is 0.733. The molecule has 4 nitrogen and oxygen atoms in total. The van der Waals surface area contributed by atoms with Crippen molar-refractivity contribution < 1.29 is 0 Å². The largest absolute Gasteiger partial charge is 0.346 e. The lowest BCUT2D eigenvalue weighted by atomic mass is 10.4. The molecule has 0 aliphatic rings. The van der Waals surface area contributed by atoms with Gasteiger partial charge in [-0.3, -0.25) is 0 Å². The molecule has 0 atom stereocenters. The Kier molecular flexibility index (Phi) is 3.65. The zero-order valence-corrected chi connectivity index (χ0v) is 8.63. The first kappa shape index (κ1) is 9.93. The van der Waals surface area contributed by atoms with Crippen LogP contribution in [0.3, 0.4) is 0 Å². The van der Waals surface area contributed by atoms with Crippen LogP contribution in [-0.4, -0.2) is 23.3 Å².